The minimum Gasteiger partial charge on any atom is -0.465 e. The summed E-state index contributed by atoms with van der Waals surface area (Å²) >= 11 is 0. The normalized spacial score (nSPS) is 12.7. The topological polar surface area (TPSA) is 92.8 Å². The first-order valence-electron chi connectivity index (χ1n) is 10.9. The van der Waals surface area contributed by atoms with Crippen molar-refractivity contribution in [3.05, 3.63) is 77.4 Å². The molecule has 1 aliphatic rings. The van der Waals surface area contributed by atoms with E-state index in [9.17, 15) is 19.2 Å². The number of rotatable bonds is 8. The lowest BCUT2D eigenvalue weighted by Crippen LogP contribution is -2.40. The molecular formula is C26H24N2O5. The number of benzene rings is 3. The molecule has 3 amide bonds. The number of anilines is 1. The van der Waals surface area contributed by atoms with Crippen molar-refractivity contribution in [2.75, 3.05) is 19.0 Å². The first-order valence-corrected chi connectivity index (χ1v) is 10.9. The van der Waals surface area contributed by atoms with Gasteiger partial charge in [0.2, 0.25) is 5.91 Å². The van der Waals surface area contributed by atoms with E-state index < -0.39 is 5.97 Å². The van der Waals surface area contributed by atoms with Crippen LogP contribution in [0.15, 0.2) is 60.7 Å². The number of nitrogens with zero attached hydrogens (tertiary/aromatic N) is 1. The third-order valence-corrected chi connectivity index (χ3v) is 5.75. The molecule has 1 aliphatic heterocycles. The van der Waals surface area contributed by atoms with Crippen molar-refractivity contribution >= 4 is 40.2 Å². The van der Waals surface area contributed by atoms with E-state index in [-0.39, 0.29) is 24.1 Å². The largest absolute Gasteiger partial charge is 0.465 e. The summed E-state index contributed by atoms with van der Waals surface area (Å²) < 4.78 is 4.74. The first kappa shape index (κ1) is 22.2. The zero-order valence-electron chi connectivity index (χ0n) is 18.3. The summed E-state index contributed by atoms with van der Waals surface area (Å²) in [4.78, 5) is 51.2. The van der Waals surface area contributed by atoms with E-state index in [2.05, 4.69) is 5.32 Å². The van der Waals surface area contributed by atoms with Gasteiger partial charge in [-0.05, 0) is 42.5 Å². The summed E-state index contributed by atoms with van der Waals surface area (Å²) in [5, 5.41) is 4.34. The van der Waals surface area contributed by atoms with Crippen LogP contribution in [0, 0.1) is 0 Å². The lowest BCUT2D eigenvalue weighted by atomic mass is 9.94. The van der Waals surface area contributed by atoms with E-state index in [1.807, 2.05) is 24.3 Å². The van der Waals surface area contributed by atoms with Gasteiger partial charge in [0, 0.05) is 29.5 Å². The zero-order chi connectivity index (χ0) is 23.4. The highest BCUT2D eigenvalue weighted by atomic mass is 16.5. The summed E-state index contributed by atoms with van der Waals surface area (Å²) in [5.41, 5.74) is 1.80. The standard InChI is InChI=1S/C26H24N2O5/c1-33-26(32)18-11-4-5-14-21(18)27-22(29)15-3-2-6-16-28-24(30)19-12-7-9-17-10-8-13-20(23(17)19)25(28)31/h4-5,7-14H,2-3,6,15-16H2,1H3,(H,27,29). The molecule has 33 heavy (non-hydrogen) atoms. The molecule has 0 saturated heterocycles. The van der Waals surface area contributed by atoms with Crippen molar-refractivity contribution in [3.63, 3.8) is 0 Å². The maximum atomic E-state index is 12.9. The molecule has 0 fully saturated rings. The molecule has 7 heteroatoms. The van der Waals surface area contributed by atoms with Gasteiger partial charge in [-0.3, -0.25) is 19.3 Å². The fourth-order valence-corrected chi connectivity index (χ4v) is 4.11. The van der Waals surface area contributed by atoms with Gasteiger partial charge in [0.15, 0.2) is 0 Å². The monoisotopic (exact) mass is 444 g/mol. The van der Waals surface area contributed by atoms with Crippen LogP contribution in [0.3, 0.4) is 0 Å². The predicted molar refractivity (Wildman–Crippen MR) is 124 cm³/mol. The SMILES string of the molecule is COC(=O)c1ccccc1NC(=O)CCCCCN1C(=O)c2cccc3cccc(c23)C1=O. The Kier molecular flexibility index (Phi) is 6.49. The molecule has 0 unspecified atom stereocenters. The van der Waals surface area contributed by atoms with Gasteiger partial charge in [-0.2, -0.15) is 0 Å². The Balaban J connectivity index is 1.30. The number of carbonyl (C=O) groups excluding carboxylic acids is 4. The second kappa shape index (κ2) is 9.65. The van der Waals surface area contributed by atoms with Crippen LogP contribution in [0.25, 0.3) is 10.8 Å². The van der Waals surface area contributed by atoms with Crippen molar-refractivity contribution in [1.82, 2.24) is 4.90 Å². The molecular weight excluding hydrogens is 420 g/mol. The summed E-state index contributed by atoms with van der Waals surface area (Å²) in [6.07, 6.45) is 2.13. The van der Waals surface area contributed by atoms with Crippen LogP contribution in [0.1, 0.15) is 56.8 Å². The molecule has 0 bridgehead atoms. The number of hydrogen-bond donors (Lipinski definition) is 1. The van der Waals surface area contributed by atoms with E-state index in [1.54, 1.807) is 36.4 Å². The molecule has 0 radical (unpaired) electrons. The fourth-order valence-electron chi connectivity index (χ4n) is 4.11. The maximum absolute atomic E-state index is 12.9. The smallest absolute Gasteiger partial charge is 0.339 e. The number of hydrogen-bond acceptors (Lipinski definition) is 5. The van der Waals surface area contributed by atoms with Gasteiger partial charge in [-0.15, -0.1) is 0 Å². The Bertz CT molecular complexity index is 1200. The molecule has 0 saturated carbocycles. The van der Waals surface area contributed by atoms with Crippen molar-refractivity contribution < 1.29 is 23.9 Å². The Morgan fingerprint density at radius 2 is 1.52 bits per heavy atom. The highest BCUT2D eigenvalue weighted by Crippen LogP contribution is 2.30. The highest BCUT2D eigenvalue weighted by molar-refractivity contribution is 6.25. The van der Waals surface area contributed by atoms with Gasteiger partial charge < -0.3 is 10.1 Å². The Hall–Kier alpha value is -4.00. The zero-order valence-corrected chi connectivity index (χ0v) is 18.3. The summed E-state index contributed by atoms with van der Waals surface area (Å²) in [5.74, 6) is -1.28. The number of esters is 1. The number of unbranched alkanes of at least 4 members (excludes halogenated alkanes) is 2. The molecule has 0 atom stereocenters. The first-order chi connectivity index (χ1) is 16.0. The van der Waals surface area contributed by atoms with Gasteiger partial charge >= 0.3 is 5.97 Å². The van der Waals surface area contributed by atoms with E-state index in [0.717, 1.165) is 10.8 Å². The Labute approximate surface area is 191 Å². The second-order valence-electron chi connectivity index (χ2n) is 7.87. The third-order valence-electron chi connectivity index (χ3n) is 5.75. The van der Waals surface area contributed by atoms with Crippen LogP contribution in [0.5, 0.6) is 0 Å². The van der Waals surface area contributed by atoms with Crippen LogP contribution in [-0.4, -0.2) is 42.2 Å². The Morgan fingerprint density at radius 3 is 2.18 bits per heavy atom. The van der Waals surface area contributed by atoms with Crippen molar-refractivity contribution in [2.45, 2.75) is 25.7 Å². The number of methoxy groups -OCH3 is 1. The van der Waals surface area contributed by atoms with Gasteiger partial charge in [0.1, 0.15) is 0 Å². The molecule has 7 nitrogen and oxygen atoms in total. The molecule has 1 heterocycles. The minimum atomic E-state index is -0.515. The van der Waals surface area contributed by atoms with Crippen LogP contribution in [-0.2, 0) is 9.53 Å². The van der Waals surface area contributed by atoms with E-state index in [4.69, 9.17) is 4.74 Å². The average molecular weight is 444 g/mol. The van der Waals surface area contributed by atoms with Crippen LogP contribution in [0.2, 0.25) is 0 Å². The summed E-state index contributed by atoms with van der Waals surface area (Å²) in [6, 6.07) is 17.6. The number of nitrogens with one attached hydrogen (secondary N) is 1. The predicted octanol–water partition coefficient (Wildman–Crippen LogP) is 4.42. The third kappa shape index (κ3) is 4.48. The molecule has 3 aromatic carbocycles. The molecule has 0 spiro atoms. The van der Waals surface area contributed by atoms with E-state index in [0.29, 0.717) is 48.2 Å². The summed E-state index contributed by atoms with van der Waals surface area (Å²) in [7, 11) is 1.29. The highest BCUT2D eigenvalue weighted by Gasteiger charge is 2.32. The molecule has 168 valence electrons. The Morgan fingerprint density at radius 1 is 0.848 bits per heavy atom. The molecule has 1 N–H and O–H groups in total. The van der Waals surface area contributed by atoms with Crippen molar-refractivity contribution in [3.8, 4) is 0 Å². The molecule has 4 rings (SSSR count). The number of amides is 3. The fraction of sp³-hybridized carbons (Fsp3) is 0.231. The number of carbonyl (C=O) groups is 4. The maximum Gasteiger partial charge on any atom is 0.339 e. The van der Waals surface area contributed by atoms with Gasteiger partial charge in [0.25, 0.3) is 11.8 Å². The van der Waals surface area contributed by atoms with Crippen LogP contribution in [0.4, 0.5) is 5.69 Å². The van der Waals surface area contributed by atoms with Crippen molar-refractivity contribution in [1.29, 1.82) is 0 Å². The minimum absolute atomic E-state index is 0.211. The number of imide groups is 1. The van der Waals surface area contributed by atoms with Crippen molar-refractivity contribution in [2.24, 2.45) is 0 Å². The van der Waals surface area contributed by atoms with Gasteiger partial charge in [-0.25, -0.2) is 4.79 Å². The number of para-hydroxylation sites is 1. The summed E-state index contributed by atoms with van der Waals surface area (Å²) in [6.45, 7) is 0.301. The van der Waals surface area contributed by atoms with Crippen LogP contribution >= 0.6 is 0 Å². The van der Waals surface area contributed by atoms with Crippen LogP contribution < -0.4 is 5.32 Å². The average Bonchev–Trinajstić information content (AvgIpc) is 2.84. The molecule has 0 aromatic heterocycles. The second-order valence-corrected chi connectivity index (χ2v) is 7.87. The lowest BCUT2D eigenvalue weighted by molar-refractivity contribution is -0.116. The quantitative estimate of drug-likeness (QED) is 0.315. The van der Waals surface area contributed by atoms with Gasteiger partial charge in [0.05, 0.1) is 18.4 Å². The van der Waals surface area contributed by atoms with E-state index >= 15 is 0 Å². The lowest BCUT2D eigenvalue weighted by Gasteiger charge is -2.27. The molecule has 0 aliphatic carbocycles. The van der Waals surface area contributed by atoms with Gasteiger partial charge in [-0.1, -0.05) is 42.8 Å². The molecule has 3 aromatic rings. The number of ether oxygens (including phenoxy) is 1. The van der Waals surface area contributed by atoms with E-state index in [1.165, 1.54) is 12.0 Å².